The molecule has 1 heterocycles. The molecule has 1 aromatic heterocycles. The highest BCUT2D eigenvalue weighted by Gasteiger charge is 2.00. The second kappa shape index (κ2) is 6.63. The predicted octanol–water partition coefficient (Wildman–Crippen LogP) is 2.46. The molecule has 0 aliphatic rings. The van der Waals surface area contributed by atoms with E-state index in [0.29, 0.717) is 6.54 Å². The van der Waals surface area contributed by atoms with Gasteiger partial charge in [-0.3, -0.25) is 0 Å². The average molecular weight is 193 g/mol. The van der Waals surface area contributed by atoms with Gasteiger partial charge in [0.2, 0.25) is 6.33 Å². The lowest BCUT2D eigenvalue weighted by Gasteiger charge is -1.97. The number of hydrogen-bond donors (Lipinski definition) is 0. The van der Waals surface area contributed by atoms with E-state index in [0.717, 1.165) is 6.54 Å². The number of aryl methyl sites for hydroxylation is 1. The van der Waals surface area contributed by atoms with Gasteiger partial charge in [-0.25, -0.2) is 9.13 Å². The maximum atomic E-state index is 5.51. The molecule has 0 saturated carbocycles. The van der Waals surface area contributed by atoms with Gasteiger partial charge in [0.1, 0.15) is 12.4 Å². The third kappa shape index (κ3) is 3.95. The lowest BCUT2D eigenvalue weighted by Crippen LogP contribution is -2.30. The Balaban J connectivity index is 2.12. The van der Waals surface area contributed by atoms with Crippen molar-refractivity contribution < 1.29 is 4.57 Å². The molecule has 0 N–H and O–H groups in total. The van der Waals surface area contributed by atoms with Gasteiger partial charge in [-0.15, -0.1) is 0 Å². The van der Waals surface area contributed by atoms with Crippen LogP contribution in [0.25, 0.3) is 0 Å². The molecule has 14 heavy (non-hydrogen) atoms. The zero-order valence-electron chi connectivity index (χ0n) is 9.15. The van der Waals surface area contributed by atoms with Crippen molar-refractivity contribution in [2.45, 2.75) is 52.1 Å². The van der Waals surface area contributed by atoms with Crippen LogP contribution < -0.4 is 4.57 Å². The van der Waals surface area contributed by atoms with Crippen LogP contribution in [0.2, 0.25) is 0 Å². The summed E-state index contributed by atoms with van der Waals surface area (Å²) in [7, 11) is 0. The Labute approximate surface area is 87.6 Å². The summed E-state index contributed by atoms with van der Waals surface area (Å²) in [4.78, 5) is 0. The number of nitrogens with zero attached hydrogens (tertiary/aromatic N) is 2. The van der Waals surface area contributed by atoms with Crippen LogP contribution in [0.3, 0.4) is 0 Å². The molecule has 2 radical (unpaired) electrons. The fraction of sp³-hybridized carbons (Fsp3) is 0.667. The van der Waals surface area contributed by atoms with Crippen molar-refractivity contribution >= 4 is 0 Å². The van der Waals surface area contributed by atoms with E-state index in [1.165, 1.54) is 32.1 Å². The van der Waals surface area contributed by atoms with E-state index in [4.69, 9.17) is 6.92 Å². The van der Waals surface area contributed by atoms with Crippen molar-refractivity contribution in [2.75, 3.05) is 0 Å². The van der Waals surface area contributed by atoms with Gasteiger partial charge in [0.25, 0.3) is 0 Å². The van der Waals surface area contributed by atoms with E-state index in [-0.39, 0.29) is 0 Å². The minimum atomic E-state index is 0.572. The van der Waals surface area contributed by atoms with E-state index in [9.17, 15) is 0 Å². The third-order valence-corrected chi connectivity index (χ3v) is 2.48. The summed E-state index contributed by atoms with van der Waals surface area (Å²) in [6.45, 7) is 9.45. The molecule has 0 aromatic carbocycles. The summed E-state index contributed by atoms with van der Waals surface area (Å²) in [6, 6.07) is 0. The van der Waals surface area contributed by atoms with Crippen LogP contribution in [-0.2, 0) is 13.1 Å². The monoisotopic (exact) mass is 193 g/mol. The van der Waals surface area contributed by atoms with Crippen LogP contribution in [0.5, 0.6) is 0 Å². The minimum Gasteiger partial charge on any atom is -0.237 e. The molecule has 0 saturated heterocycles. The second-order valence-corrected chi connectivity index (χ2v) is 3.76. The van der Waals surface area contributed by atoms with Crippen LogP contribution in [0.4, 0.5) is 0 Å². The second-order valence-electron chi connectivity index (χ2n) is 3.76. The summed E-state index contributed by atoms with van der Waals surface area (Å²) >= 11 is 0. The molecular weight excluding hydrogens is 172 g/mol. The van der Waals surface area contributed by atoms with Crippen LogP contribution in [-0.4, -0.2) is 4.57 Å². The molecule has 0 aliphatic heterocycles. The maximum Gasteiger partial charge on any atom is 0.243 e. The molecule has 2 nitrogen and oxygen atoms in total. The molecule has 0 bridgehead atoms. The first-order valence-electron chi connectivity index (χ1n) is 5.61. The number of aromatic nitrogens is 2. The summed E-state index contributed by atoms with van der Waals surface area (Å²) in [5.41, 5.74) is 0. The SMILES string of the molecule is [CH]Cn1cc[n+](CCCCCCC)c1. The van der Waals surface area contributed by atoms with Crippen molar-refractivity contribution in [2.24, 2.45) is 0 Å². The topological polar surface area (TPSA) is 8.81 Å². The van der Waals surface area contributed by atoms with Gasteiger partial charge in [-0.1, -0.05) is 26.2 Å². The molecule has 0 unspecified atom stereocenters. The van der Waals surface area contributed by atoms with Crippen molar-refractivity contribution in [1.82, 2.24) is 4.57 Å². The van der Waals surface area contributed by atoms with Crippen LogP contribution in [0.15, 0.2) is 18.7 Å². The van der Waals surface area contributed by atoms with E-state index >= 15 is 0 Å². The Morgan fingerprint density at radius 2 is 2.00 bits per heavy atom. The Morgan fingerprint density at radius 3 is 2.64 bits per heavy atom. The van der Waals surface area contributed by atoms with E-state index in [2.05, 4.69) is 24.0 Å². The highest BCUT2D eigenvalue weighted by molar-refractivity contribution is 4.66. The third-order valence-electron chi connectivity index (χ3n) is 2.48. The summed E-state index contributed by atoms with van der Waals surface area (Å²) in [5, 5.41) is 0. The van der Waals surface area contributed by atoms with Crippen molar-refractivity contribution in [3.8, 4) is 0 Å². The fourth-order valence-electron chi connectivity index (χ4n) is 1.58. The molecule has 1 rings (SSSR count). The summed E-state index contributed by atoms with van der Waals surface area (Å²) in [5.74, 6) is 0. The predicted molar refractivity (Wildman–Crippen MR) is 57.7 cm³/mol. The number of hydrogen-bond acceptors (Lipinski definition) is 0. The minimum absolute atomic E-state index is 0.572. The fourth-order valence-corrected chi connectivity index (χ4v) is 1.58. The zero-order chi connectivity index (χ0) is 10.2. The molecule has 0 amide bonds. The first-order valence-corrected chi connectivity index (χ1v) is 5.61. The smallest absolute Gasteiger partial charge is 0.237 e. The van der Waals surface area contributed by atoms with Crippen molar-refractivity contribution in [1.29, 1.82) is 0 Å². The number of rotatable bonds is 7. The van der Waals surface area contributed by atoms with E-state index in [1.807, 2.05) is 10.8 Å². The molecule has 1 aromatic rings. The van der Waals surface area contributed by atoms with Gasteiger partial charge in [-0.2, -0.15) is 0 Å². The van der Waals surface area contributed by atoms with Crippen LogP contribution in [0, 0.1) is 6.92 Å². The van der Waals surface area contributed by atoms with Crippen LogP contribution in [0.1, 0.15) is 39.0 Å². The van der Waals surface area contributed by atoms with E-state index < -0.39 is 0 Å². The lowest BCUT2D eigenvalue weighted by molar-refractivity contribution is -0.696. The van der Waals surface area contributed by atoms with Gasteiger partial charge in [0, 0.05) is 6.92 Å². The molecule has 0 spiro atoms. The Kier molecular flexibility index (Phi) is 5.35. The summed E-state index contributed by atoms with van der Waals surface area (Å²) in [6.07, 6.45) is 12.9. The molecule has 2 heteroatoms. The quantitative estimate of drug-likeness (QED) is 0.464. The van der Waals surface area contributed by atoms with Crippen molar-refractivity contribution in [3.05, 3.63) is 25.6 Å². The average Bonchev–Trinajstić information content (AvgIpc) is 2.65. The standard InChI is InChI=1S/C12H21N2/c1-3-5-6-7-8-9-14-11-10-13(4-2)12-14/h2,10-12H,3-9H2,1H3/q+1. The lowest BCUT2D eigenvalue weighted by atomic mass is 10.1. The Hall–Kier alpha value is -0.790. The number of imidazole rings is 1. The molecule has 78 valence electrons. The summed E-state index contributed by atoms with van der Waals surface area (Å²) < 4.78 is 4.20. The normalized spacial score (nSPS) is 10.7. The maximum absolute atomic E-state index is 5.51. The van der Waals surface area contributed by atoms with Gasteiger partial charge in [0.15, 0.2) is 0 Å². The van der Waals surface area contributed by atoms with Gasteiger partial charge >= 0.3 is 0 Å². The van der Waals surface area contributed by atoms with E-state index in [1.54, 1.807) is 0 Å². The van der Waals surface area contributed by atoms with Gasteiger partial charge in [-0.05, 0) is 12.8 Å². The highest BCUT2D eigenvalue weighted by atomic mass is 15.1. The first-order chi connectivity index (χ1) is 6.86. The highest BCUT2D eigenvalue weighted by Crippen LogP contribution is 2.01. The van der Waals surface area contributed by atoms with Crippen LogP contribution >= 0.6 is 0 Å². The molecule has 0 atom stereocenters. The molecule has 0 fully saturated rings. The Morgan fingerprint density at radius 1 is 1.21 bits per heavy atom. The largest absolute Gasteiger partial charge is 0.243 e. The molecule has 0 aliphatic carbocycles. The van der Waals surface area contributed by atoms with Gasteiger partial charge in [0.05, 0.1) is 13.1 Å². The molecular formula is C12H21N2+. The van der Waals surface area contributed by atoms with Crippen molar-refractivity contribution in [3.63, 3.8) is 0 Å². The van der Waals surface area contributed by atoms with Gasteiger partial charge < -0.3 is 0 Å². The first kappa shape index (κ1) is 11.3. The Bertz CT molecular complexity index is 240. The zero-order valence-corrected chi connectivity index (χ0v) is 9.15. The number of unbranched alkanes of at least 4 members (excludes halogenated alkanes) is 4.